The van der Waals surface area contributed by atoms with Crippen LogP contribution in [0.4, 0.5) is 5.95 Å². The Morgan fingerprint density at radius 1 is 1.34 bits per heavy atom. The maximum absolute atomic E-state index is 12.9. The zero-order chi connectivity index (χ0) is 30.3. The van der Waals surface area contributed by atoms with Crippen molar-refractivity contribution in [2.75, 3.05) is 25.5 Å². The van der Waals surface area contributed by atoms with Gasteiger partial charge in [0, 0.05) is 0 Å². The molecule has 2 aliphatic heterocycles. The third-order valence-corrected chi connectivity index (χ3v) is 8.51. The summed E-state index contributed by atoms with van der Waals surface area (Å²) in [6, 6.07) is 0. The molecule has 6 N–H and O–H groups in total. The number of carbonyl (C=O) groups excluding carboxylic acids is 2. The molecule has 0 spiro atoms. The van der Waals surface area contributed by atoms with Gasteiger partial charge in [-0.1, -0.05) is 0 Å². The number of ether oxygens (including phenoxy) is 2. The van der Waals surface area contributed by atoms with Crippen LogP contribution in [0.25, 0.3) is 11.2 Å². The van der Waals surface area contributed by atoms with E-state index in [1.165, 1.54) is 17.8 Å². The molecule has 2 aromatic heterocycles. The fourth-order valence-corrected chi connectivity index (χ4v) is 6.61. The third kappa shape index (κ3) is 6.71. The van der Waals surface area contributed by atoms with Crippen LogP contribution in [0.1, 0.15) is 47.3 Å². The van der Waals surface area contributed by atoms with E-state index in [9.17, 15) is 24.7 Å². The van der Waals surface area contributed by atoms with Crippen LogP contribution in [-0.2, 0) is 32.6 Å². The molecule has 0 radical (unpaired) electrons. The maximum atomic E-state index is 12.9. The van der Waals surface area contributed by atoms with Gasteiger partial charge in [0.15, 0.2) is 0 Å². The number of fused-ring (bicyclic) bond motifs is 1. The van der Waals surface area contributed by atoms with Crippen molar-refractivity contribution in [3.05, 3.63) is 11.5 Å². The van der Waals surface area contributed by atoms with Gasteiger partial charge < -0.3 is 0 Å². The fourth-order valence-electron chi connectivity index (χ4n) is 4.52. The van der Waals surface area contributed by atoms with Crippen LogP contribution >= 0.6 is 19.8 Å². The van der Waals surface area contributed by atoms with Crippen LogP contribution < -0.4 is 11.1 Å². The molecule has 2 fully saturated rings. The second kappa shape index (κ2) is 11.8. The second-order valence-corrected chi connectivity index (χ2v) is 13.3. The molecule has 16 nitrogen and oxygen atoms in total. The van der Waals surface area contributed by atoms with Gasteiger partial charge in [-0.25, -0.2) is 0 Å². The topological polar surface area (TPSA) is 223 Å². The van der Waals surface area contributed by atoms with Gasteiger partial charge in [0.2, 0.25) is 0 Å². The summed E-state index contributed by atoms with van der Waals surface area (Å²) in [4.78, 5) is 47.8. The van der Waals surface area contributed by atoms with Crippen molar-refractivity contribution in [3.8, 4) is 0 Å². The standard InChI is InChI=1S/C23H36ClN6O10P/c1-11(2)38-13(31)6-7-26-19(33)16-22(3,4)9-37-41(35,40-16)36-8-12-15(32)23(5,34)20(39-12)30-10-27-14-17(24)28-21(25)29-18(14)30/h10-12,15-16,20,32,34-35,41H,6-9H2,1-5H3,(H,26,33)(H2,25,28,29)/t12-,15-,16+,20-,23-/m1/s1. The number of esters is 1. The quantitative estimate of drug-likeness (QED) is 0.145. The number of aliphatic hydroxyl groups excluding tert-OH is 1. The molecule has 0 saturated carbocycles. The fraction of sp³-hybridized carbons (Fsp3) is 0.696. The summed E-state index contributed by atoms with van der Waals surface area (Å²) in [6.45, 7) is 7.67. The van der Waals surface area contributed by atoms with E-state index in [0.29, 0.717) is 0 Å². The van der Waals surface area contributed by atoms with E-state index in [1.54, 1.807) is 27.7 Å². The van der Waals surface area contributed by atoms with E-state index in [2.05, 4.69) is 20.3 Å². The number of halogens is 1. The Morgan fingerprint density at radius 2 is 2.05 bits per heavy atom. The number of aromatic nitrogens is 4. The van der Waals surface area contributed by atoms with Gasteiger partial charge in [0.1, 0.15) is 0 Å². The number of nitrogen functional groups attached to an aromatic ring is 1. The second-order valence-electron chi connectivity index (χ2n) is 11.1. The molecule has 18 heteroatoms. The summed E-state index contributed by atoms with van der Waals surface area (Å²) < 4.78 is 29.1. The number of nitrogens with zero attached hydrogens (tertiary/aromatic N) is 4. The van der Waals surface area contributed by atoms with E-state index in [4.69, 9.17) is 40.4 Å². The average Bonchev–Trinajstić information content (AvgIpc) is 3.37. The van der Waals surface area contributed by atoms with Gasteiger partial charge in [0.25, 0.3) is 0 Å². The molecular formula is C23H36ClN6O10P. The van der Waals surface area contributed by atoms with Crippen molar-refractivity contribution in [1.82, 2.24) is 24.8 Å². The number of amides is 1. The SMILES string of the molecule is CC(C)OC(=O)CCNC(=O)[C@@H]1O[PH](O)(OC[C@H]2O[C@@H](n3cnc4c(Cl)nc(N)nc43)[C@](C)(O)[C@@H]2O)OCC1(C)C. The first kappa shape index (κ1) is 31.7. The minimum atomic E-state index is -4.42. The minimum absolute atomic E-state index is 0.00106. The average molecular weight is 623 g/mol. The number of carbonyl (C=O) groups is 2. The van der Waals surface area contributed by atoms with E-state index in [0.717, 1.165) is 0 Å². The summed E-state index contributed by atoms with van der Waals surface area (Å²) in [5.74, 6) is -1.16. The van der Waals surface area contributed by atoms with E-state index in [1.807, 2.05) is 0 Å². The molecule has 4 heterocycles. The van der Waals surface area contributed by atoms with Crippen LogP contribution in [0.5, 0.6) is 0 Å². The van der Waals surface area contributed by atoms with Crippen LogP contribution in [0.2, 0.25) is 5.15 Å². The summed E-state index contributed by atoms with van der Waals surface area (Å²) in [6.07, 6.45) is -4.05. The molecule has 1 amide bonds. The molecule has 0 unspecified atom stereocenters. The van der Waals surface area contributed by atoms with Crippen molar-refractivity contribution in [3.63, 3.8) is 0 Å². The molecule has 5 atom stereocenters. The van der Waals surface area contributed by atoms with E-state index >= 15 is 0 Å². The Bertz CT molecular complexity index is 1300. The van der Waals surface area contributed by atoms with Crippen molar-refractivity contribution in [2.24, 2.45) is 5.41 Å². The van der Waals surface area contributed by atoms with E-state index in [-0.39, 0.29) is 47.9 Å². The number of anilines is 1. The third-order valence-electron chi connectivity index (χ3n) is 6.67. The number of hydrogen-bond acceptors (Lipinski definition) is 14. The Morgan fingerprint density at radius 3 is 2.73 bits per heavy atom. The molecule has 230 valence electrons. The van der Waals surface area contributed by atoms with Crippen LogP contribution in [-0.4, -0.2) is 96.3 Å². The first-order valence-electron chi connectivity index (χ1n) is 12.9. The Hall–Kier alpha value is -2.27. The molecule has 2 aromatic rings. The monoisotopic (exact) mass is 622 g/mol. The zero-order valence-electron chi connectivity index (χ0n) is 23.2. The van der Waals surface area contributed by atoms with Crippen molar-refractivity contribution in [1.29, 1.82) is 0 Å². The predicted octanol–water partition coefficient (Wildman–Crippen LogP) is 0.390. The summed E-state index contributed by atoms with van der Waals surface area (Å²) >= 11 is 6.10. The Labute approximate surface area is 241 Å². The van der Waals surface area contributed by atoms with E-state index < -0.39 is 62.2 Å². The molecular weight excluding hydrogens is 587 g/mol. The molecule has 0 bridgehead atoms. The van der Waals surface area contributed by atoms with Gasteiger partial charge in [-0.3, -0.25) is 0 Å². The van der Waals surface area contributed by atoms with Crippen molar-refractivity contribution < 1.29 is 47.7 Å². The van der Waals surface area contributed by atoms with Gasteiger partial charge in [-0.2, -0.15) is 0 Å². The van der Waals surface area contributed by atoms with Gasteiger partial charge in [0.05, 0.1) is 0 Å². The van der Waals surface area contributed by atoms with Crippen molar-refractivity contribution in [2.45, 2.75) is 77.3 Å². The molecule has 41 heavy (non-hydrogen) atoms. The van der Waals surface area contributed by atoms with Gasteiger partial charge in [-0.05, 0) is 0 Å². The summed E-state index contributed by atoms with van der Waals surface area (Å²) in [5.41, 5.74) is 3.37. The molecule has 0 aromatic carbocycles. The van der Waals surface area contributed by atoms with Gasteiger partial charge >= 0.3 is 241 Å². The van der Waals surface area contributed by atoms with Crippen LogP contribution in [0, 0.1) is 5.41 Å². The number of nitrogens with one attached hydrogen (secondary N) is 1. The van der Waals surface area contributed by atoms with Gasteiger partial charge in [-0.15, -0.1) is 0 Å². The first-order chi connectivity index (χ1) is 19.0. The normalized spacial score (nSPS) is 29.9. The molecule has 4 rings (SSSR count). The number of rotatable bonds is 9. The molecule has 0 aliphatic carbocycles. The summed E-state index contributed by atoms with van der Waals surface area (Å²) in [5, 5.41) is 24.6. The Kier molecular flexibility index (Phi) is 9.10. The predicted molar refractivity (Wildman–Crippen MR) is 145 cm³/mol. The van der Waals surface area contributed by atoms with Crippen LogP contribution in [0.3, 0.4) is 0 Å². The number of nitrogens with two attached hydrogens (primary N) is 1. The molecule has 2 aliphatic rings. The molecule has 2 saturated heterocycles. The summed E-state index contributed by atoms with van der Waals surface area (Å²) in [7, 11) is -4.42. The number of imidazole rings is 1. The first-order valence-corrected chi connectivity index (χ1v) is 15.0. The zero-order valence-corrected chi connectivity index (χ0v) is 25.0. The van der Waals surface area contributed by atoms with Crippen molar-refractivity contribution >= 4 is 48.8 Å². The number of hydrogen-bond donors (Lipinski definition) is 5. The Balaban J connectivity index is 1.41. The van der Waals surface area contributed by atoms with Crippen LogP contribution in [0.15, 0.2) is 6.33 Å². The number of aliphatic hydroxyl groups is 2.